The third kappa shape index (κ3) is 5.75. The van der Waals surface area contributed by atoms with E-state index in [0.29, 0.717) is 17.9 Å². The van der Waals surface area contributed by atoms with E-state index in [0.717, 1.165) is 16.5 Å². The highest BCUT2D eigenvalue weighted by molar-refractivity contribution is 7.92. The van der Waals surface area contributed by atoms with Crippen LogP contribution in [0, 0.1) is 0 Å². The maximum absolute atomic E-state index is 12.0. The second kappa shape index (κ2) is 11.8. The summed E-state index contributed by atoms with van der Waals surface area (Å²) in [7, 11) is -3.76. The molecular formula is C27H30N6O6S. The molecule has 5 N–H and O–H groups in total. The summed E-state index contributed by atoms with van der Waals surface area (Å²) in [5, 5.41) is 34.5. The second-order valence-electron chi connectivity index (χ2n) is 9.33. The number of fused-ring (bicyclic) bond motifs is 1. The van der Waals surface area contributed by atoms with E-state index >= 15 is 0 Å². The van der Waals surface area contributed by atoms with Gasteiger partial charge in [-0.1, -0.05) is 67.2 Å². The molecule has 0 unspecified atom stereocenters. The molecule has 4 aromatic rings. The highest BCUT2D eigenvalue weighted by atomic mass is 32.2. The van der Waals surface area contributed by atoms with Gasteiger partial charge in [0.05, 0.1) is 19.5 Å². The summed E-state index contributed by atoms with van der Waals surface area (Å²) in [5.74, 6) is 0.433. The Kier molecular flexibility index (Phi) is 8.21. The van der Waals surface area contributed by atoms with Crippen LogP contribution in [0.2, 0.25) is 0 Å². The predicted octanol–water partition coefficient (Wildman–Crippen LogP) is 1.24. The molecule has 4 atom stereocenters. The van der Waals surface area contributed by atoms with Gasteiger partial charge < -0.3 is 25.4 Å². The molecule has 2 aromatic carbocycles. The molecule has 3 heterocycles. The Balaban J connectivity index is 1.53. The minimum atomic E-state index is -3.76. The topological polar surface area (TPSA) is 172 Å². The molecule has 0 spiro atoms. The van der Waals surface area contributed by atoms with Crippen LogP contribution in [0.15, 0.2) is 79.0 Å². The zero-order chi connectivity index (χ0) is 28.3. The molecule has 13 heteroatoms. The highest BCUT2D eigenvalue weighted by Crippen LogP contribution is 2.33. The standard InChI is InChI=1S/C27H30N6O6S/c1-2-40(37,38)30-14-21-31-25(28-13-19(17-9-5-3-6-10-17)18-11-7-4-8-12-18)22-26(32-21)33(16-29-22)27-24(36)23(35)20(15-34)39-27/h2-12,16,19-20,23-24,27,30,34-36H,1,13-15H2,(H,28,31,32)/t20-,23-,24-,27-/m1/s1. The van der Waals surface area contributed by atoms with Crippen molar-refractivity contribution in [3.63, 3.8) is 0 Å². The number of hydrogen-bond donors (Lipinski definition) is 5. The SMILES string of the molecule is C=CS(=O)(=O)NCc1nc(NCC(c2ccccc2)c2ccccc2)c2ncn([C@@H]3O[C@H](CO)[C@@H](O)[C@H]3O)c2n1. The van der Waals surface area contributed by atoms with Crippen LogP contribution in [-0.4, -0.2) is 74.7 Å². The van der Waals surface area contributed by atoms with Crippen molar-refractivity contribution in [3.8, 4) is 0 Å². The maximum Gasteiger partial charge on any atom is 0.233 e. The van der Waals surface area contributed by atoms with Gasteiger partial charge in [-0.2, -0.15) is 0 Å². The van der Waals surface area contributed by atoms with Gasteiger partial charge in [0, 0.05) is 17.9 Å². The van der Waals surface area contributed by atoms with Crippen molar-refractivity contribution in [2.75, 3.05) is 18.5 Å². The lowest BCUT2D eigenvalue weighted by atomic mass is 9.91. The number of aromatic nitrogens is 4. The summed E-state index contributed by atoms with van der Waals surface area (Å²) in [6.07, 6.45) is -3.35. The zero-order valence-corrected chi connectivity index (χ0v) is 22.2. The quantitative estimate of drug-likeness (QED) is 0.178. The molecule has 0 radical (unpaired) electrons. The molecule has 12 nitrogen and oxygen atoms in total. The lowest BCUT2D eigenvalue weighted by Crippen LogP contribution is -2.33. The van der Waals surface area contributed by atoms with E-state index < -0.39 is 41.2 Å². The maximum atomic E-state index is 12.0. The Bertz CT molecular complexity index is 1530. The molecule has 0 bridgehead atoms. The highest BCUT2D eigenvalue weighted by Gasteiger charge is 2.44. The van der Waals surface area contributed by atoms with Crippen LogP contribution >= 0.6 is 0 Å². The van der Waals surface area contributed by atoms with E-state index in [4.69, 9.17) is 4.74 Å². The lowest BCUT2D eigenvalue weighted by molar-refractivity contribution is -0.0511. The third-order valence-corrected chi connectivity index (χ3v) is 7.77. The van der Waals surface area contributed by atoms with Gasteiger partial charge in [-0.25, -0.2) is 28.1 Å². The first-order chi connectivity index (χ1) is 19.3. The smallest absolute Gasteiger partial charge is 0.233 e. The van der Waals surface area contributed by atoms with Crippen LogP contribution in [0.4, 0.5) is 5.82 Å². The van der Waals surface area contributed by atoms with E-state index in [2.05, 4.69) is 31.6 Å². The molecule has 0 aliphatic carbocycles. The molecule has 40 heavy (non-hydrogen) atoms. The van der Waals surface area contributed by atoms with Gasteiger partial charge in [0.15, 0.2) is 23.2 Å². The normalized spacial score (nSPS) is 21.2. The van der Waals surface area contributed by atoms with Crippen molar-refractivity contribution >= 4 is 27.0 Å². The van der Waals surface area contributed by atoms with Crippen LogP contribution in [0.1, 0.15) is 29.1 Å². The van der Waals surface area contributed by atoms with Crippen molar-refractivity contribution in [3.05, 3.63) is 95.9 Å². The molecule has 1 saturated heterocycles. The molecule has 2 aromatic heterocycles. The summed E-state index contributed by atoms with van der Waals surface area (Å²) < 4.78 is 33.5. The number of nitrogens with zero attached hydrogens (tertiary/aromatic N) is 4. The van der Waals surface area contributed by atoms with E-state index in [1.807, 2.05) is 60.7 Å². The zero-order valence-electron chi connectivity index (χ0n) is 21.4. The average molecular weight is 567 g/mol. The number of sulfonamides is 1. The van der Waals surface area contributed by atoms with Crippen LogP contribution < -0.4 is 10.0 Å². The largest absolute Gasteiger partial charge is 0.394 e. The summed E-state index contributed by atoms with van der Waals surface area (Å²) in [6, 6.07) is 20.0. The van der Waals surface area contributed by atoms with Gasteiger partial charge in [-0.3, -0.25) is 4.57 Å². The van der Waals surface area contributed by atoms with Crippen LogP contribution in [0.5, 0.6) is 0 Å². The average Bonchev–Trinajstić information content (AvgIpc) is 3.53. The monoisotopic (exact) mass is 566 g/mol. The Morgan fingerprint density at radius 1 is 1.02 bits per heavy atom. The number of aliphatic hydroxyl groups excluding tert-OH is 3. The number of aliphatic hydroxyl groups is 3. The van der Waals surface area contributed by atoms with Gasteiger partial charge in [0.25, 0.3) is 0 Å². The lowest BCUT2D eigenvalue weighted by Gasteiger charge is -2.20. The van der Waals surface area contributed by atoms with Crippen molar-refractivity contribution in [2.24, 2.45) is 0 Å². The molecule has 1 fully saturated rings. The van der Waals surface area contributed by atoms with Crippen molar-refractivity contribution in [2.45, 2.75) is 37.0 Å². The second-order valence-corrected chi connectivity index (χ2v) is 11.0. The van der Waals surface area contributed by atoms with E-state index in [9.17, 15) is 23.7 Å². The summed E-state index contributed by atoms with van der Waals surface area (Å²) in [6.45, 7) is 3.01. The number of rotatable bonds is 11. The summed E-state index contributed by atoms with van der Waals surface area (Å²) >= 11 is 0. The van der Waals surface area contributed by atoms with Gasteiger partial charge in [-0.05, 0) is 11.1 Å². The number of ether oxygens (including phenoxy) is 1. The van der Waals surface area contributed by atoms with Gasteiger partial charge in [-0.15, -0.1) is 0 Å². The molecule has 5 rings (SSSR count). The van der Waals surface area contributed by atoms with Crippen molar-refractivity contribution in [1.82, 2.24) is 24.2 Å². The van der Waals surface area contributed by atoms with Crippen molar-refractivity contribution in [1.29, 1.82) is 0 Å². The minimum absolute atomic E-state index is 0.0438. The first-order valence-electron chi connectivity index (χ1n) is 12.6. The summed E-state index contributed by atoms with van der Waals surface area (Å²) in [4.78, 5) is 13.5. The minimum Gasteiger partial charge on any atom is -0.394 e. The fraction of sp³-hybridized carbons (Fsp3) is 0.296. The van der Waals surface area contributed by atoms with E-state index in [1.54, 1.807) is 0 Å². The van der Waals surface area contributed by atoms with Gasteiger partial charge in [0.2, 0.25) is 10.0 Å². The van der Waals surface area contributed by atoms with Crippen LogP contribution in [0.25, 0.3) is 11.2 Å². The Labute approximate surface area is 231 Å². The fourth-order valence-electron chi connectivity index (χ4n) is 4.68. The predicted molar refractivity (Wildman–Crippen MR) is 148 cm³/mol. The Morgan fingerprint density at radius 2 is 1.68 bits per heavy atom. The van der Waals surface area contributed by atoms with Gasteiger partial charge in [0.1, 0.15) is 24.1 Å². The van der Waals surface area contributed by atoms with Gasteiger partial charge >= 0.3 is 0 Å². The summed E-state index contributed by atoms with van der Waals surface area (Å²) in [5.41, 5.74) is 2.77. The Morgan fingerprint density at radius 3 is 2.25 bits per heavy atom. The molecule has 1 aliphatic rings. The first-order valence-corrected chi connectivity index (χ1v) is 14.2. The number of imidazole rings is 1. The van der Waals surface area contributed by atoms with Crippen LogP contribution in [-0.2, 0) is 21.3 Å². The van der Waals surface area contributed by atoms with Crippen molar-refractivity contribution < 1.29 is 28.5 Å². The fourth-order valence-corrected chi connectivity index (χ4v) is 5.13. The number of hydrogen-bond acceptors (Lipinski definition) is 10. The molecule has 1 aliphatic heterocycles. The number of anilines is 1. The first kappa shape index (κ1) is 27.8. The molecule has 210 valence electrons. The molecule has 0 amide bonds. The Hall–Kier alpha value is -3.72. The number of benzene rings is 2. The third-order valence-electron chi connectivity index (χ3n) is 6.79. The van der Waals surface area contributed by atoms with Crippen LogP contribution in [0.3, 0.4) is 0 Å². The number of nitrogens with one attached hydrogen (secondary N) is 2. The molecular weight excluding hydrogens is 536 g/mol. The van der Waals surface area contributed by atoms with E-state index in [-0.39, 0.29) is 23.9 Å². The molecule has 0 saturated carbocycles. The van der Waals surface area contributed by atoms with E-state index in [1.165, 1.54) is 10.9 Å².